The molecule has 0 bridgehead atoms. The Morgan fingerprint density at radius 3 is 2.62 bits per heavy atom. The van der Waals surface area contributed by atoms with Crippen LogP contribution in [-0.4, -0.2) is 23.2 Å². The van der Waals surface area contributed by atoms with E-state index in [9.17, 15) is 5.11 Å². The average Bonchev–Trinajstić information content (AvgIpc) is 2.32. The van der Waals surface area contributed by atoms with Gasteiger partial charge in [0.2, 0.25) is 0 Å². The summed E-state index contributed by atoms with van der Waals surface area (Å²) in [4.78, 5) is 6.47. The molecule has 0 atom stereocenters. The number of fused-ring (bicyclic) bond motifs is 1. The zero-order valence-electron chi connectivity index (χ0n) is 9.64. The summed E-state index contributed by atoms with van der Waals surface area (Å²) < 4.78 is 0. The van der Waals surface area contributed by atoms with Gasteiger partial charge in [-0.2, -0.15) is 0 Å². The normalized spacial score (nSPS) is 10.6. The predicted molar refractivity (Wildman–Crippen MR) is 67.0 cm³/mol. The number of nitrogens with zero attached hydrogens (tertiary/aromatic N) is 2. The fourth-order valence-electron chi connectivity index (χ4n) is 1.99. The van der Waals surface area contributed by atoms with Gasteiger partial charge in [0.25, 0.3) is 0 Å². The van der Waals surface area contributed by atoms with Gasteiger partial charge in [0.15, 0.2) is 0 Å². The second-order valence-corrected chi connectivity index (χ2v) is 3.68. The van der Waals surface area contributed by atoms with Crippen LogP contribution < -0.4 is 4.90 Å². The maximum atomic E-state index is 9.74. The maximum Gasteiger partial charge on any atom is 0.141 e. The molecule has 1 aromatic heterocycles. The summed E-state index contributed by atoms with van der Waals surface area (Å²) >= 11 is 0. The van der Waals surface area contributed by atoms with Crippen LogP contribution in [0.2, 0.25) is 0 Å². The zero-order chi connectivity index (χ0) is 11.5. The van der Waals surface area contributed by atoms with Crippen molar-refractivity contribution in [2.45, 2.75) is 13.8 Å². The molecule has 3 heteroatoms. The fraction of sp³-hybridized carbons (Fsp3) is 0.308. The molecule has 0 spiro atoms. The molecule has 0 radical (unpaired) electrons. The third kappa shape index (κ3) is 1.69. The number of phenolic OH excluding ortho intramolecular Hbond substituents is 1. The van der Waals surface area contributed by atoms with Crippen molar-refractivity contribution in [3.05, 3.63) is 30.5 Å². The molecule has 2 rings (SSSR count). The second-order valence-electron chi connectivity index (χ2n) is 3.68. The van der Waals surface area contributed by atoms with Crippen LogP contribution in [-0.2, 0) is 0 Å². The Labute approximate surface area is 95.3 Å². The number of phenols is 1. The fourth-order valence-corrected chi connectivity index (χ4v) is 1.99. The van der Waals surface area contributed by atoms with Crippen LogP contribution in [0, 0.1) is 0 Å². The molecule has 1 heterocycles. The van der Waals surface area contributed by atoms with Crippen molar-refractivity contribution in [1.82, 2.24) is 4.98 Å². The van der Waals surface area contributed by atoms with E-state index in [0.717, 1.165) is 24.2 Å². The number of aromatic nitrogens is 1. The van der Waals surface area contributed by atoms with Crippen LogP contribution in [0.25, 0.3) is 10.9 Å². The summed E-state index contributed by atoms with van der Waals surface area (Å²) in [5.74, 6) is 0.242. The Kier molecular flexibility index (Phi) is 2.95. The molecule has 0 aliphatic heterocycles. The quantitative estimate of drug-likeness (QED) is 0.857. The van der Waals surface area contributed by atoms with Gasteiger partial charge in [-0.15, -0.1) is 0 Å². The van der Waals surface area contributed by atoms with Gasteiger partial charge >= 0.3 is 0 Å². The van der Waals surface area contributed by atoms with E-state index in [2.05, 4.69) is 23.7 Å². The van der Waals surface area contributed by atoms with Gasteiger partial charge in [-0.3, -0.25) is 4.98 Å². The molecule has 1 aromatic carbocycles. The number of anilines is 1. The van der Waals surface area contributed by atoms with Crippen molar-refractivity contribution in [1.29, 1.82) is 0 Å². The van der Waals surface area contributed by atoms with Crippen LogP contribution in [0.1, 0.15) is 13.8 Å². The molecule has 2 aromatic rings. The summed E-state index contributed by atoms with van der Waals surface area (Å²) in [6, 6.07) is 7.51. The zero-order valence-corrected chi connectivity index (χ0v) is 9.64. The van der Waals surface area contributed by atoms with Crippen LogP contribution >= 0.6 is 0 Å². The molecule has 1 N–H and O–H groups in total. The van der Waals surface area contributed by atoms with Crippen molar-refractivity contribution in [3.8, 4) is 5.75 Å². The van der Waals surface area contributed by atoms with Gasteiger partial charge in [-0.1, -0.05) is 12.1 Å². The maximum absolute atomic E-state index is 9.74. The molecular weight excluding hydrogens is 200 g/mol. The highest BCUT2D eigenvalue weighted by Gasteiger charge is 2.09. The third-order valence-corrected chi connectivity index (χ3v) is 2.83. The van der Waals surface area contributed by atoms with E-state index in [1.165, 1.54) is 0 Å². The first kappa shape index (κ1) is 10.7. The lowest BCUT2D eigenvalue weighted by atomic mass is 10.1. The van der Waals surface area contributed by atoms with Crippen molar-refractivity contribution >= 4 is 16.6 Å². The molecule has 0 aliphatic carbocycles. The number of rotatable bonds is 3. The lowest BCUT2D eigenvalue weighted by Gasteiger charge is -2.22. The molecule has 0 fully saturated rings. The Morgan fingerprint density at radius 2 is 1.94 bits per heavy atom. The van der Waals surface area contributed by atoms with Crippen LogP contribution in [0.5, 0.6) is 5.75 Å². The molecule has 0 amide bonds. The number of benzene rings is 1. The van der Waals surface area contributed by atoms with E-state index in [1.807, 2.05) is 18.2 Å². The van der Waals surface area contributed by atoms with Crippen LogP contribution in [0.15, 0.2) is 30.5 Å². The minimum Gasteiger partial charge on any atom is -0.506 e. The average molecular weight is 216 g/mol. The van der Waals surface area contributed by atoms with Gasteiger partial charge in [0.1, 0.15) is 11.3 Å². The van der Waals surface area contributed by atoms with Crippen molar-refractivity contribution in [3.63, 3.8) is 0 Å². The monoisotopic (exact) mass is 216 g/mol. The molecule has 0 unspecified atom stereocenters. The smallest absolute Gasteiger partial charge is 0.141 e. The van der Waals surface area contributed by atoms with Crippen molar-refractivity contribution < 1.29 is 5.11 Å². The SMILES string of the molecule is CCN(CC)c1ccnc2c(O)cccc12. The summed E-state index contributed by atoms with van der Waals surface area (Å²) in [6.07, 6.45) is 1.75. The summed E-state index contributed by atoms with van der Waals surface area (Å²) in [5.41, 5.74) is 1.80. The molecule has 84 valence electrons. The largest absolute Gasteiger partial charge is 0.506 e. The van der Waals surface area contributed by atoms with Crippen LogP contribution in [0.4, 0.5) is 5.69 Å². The topological polar surface area (TPSA) is 36.4 Å². The van der Waals surface area contributed by atoms with E-state index in [0.29, 0.717) is 5.52 Å². The van der Waals surface area contributed by atoms with Gasteiger partial charge < -0.3 is 10.0 Å². The lowest BCUT2D eigenvalue weighted by molar-refractivity contribution is 0.480. The van der Waals surface area contributed by atoms with E-state index in [-0.39, 0.29) is 5.75 Å². The number of hydrogen-bond donors (Lipinski definition) is 1. The highest BCUT2D eigenvalue weighted by Crippen LogP contribution is 2.29. The molecule has 16 heavy (non-hydrogen) atoms. The lowest BCUT2D eigenvalue weighted by Crippen LogP contribution is -2.22. The minimum atomic E-state index is 0.242. The number of aromatic hydroxyl groups is 1. The Bertz CT molecular complexity index is 492. The highest BCUT2D eigenvalue weighted by atomic mass is 16.3. The first-order chi connectivity index (χ1) is 7.77. The standard InChI is InChI=1S/C13H16N2O/c1-3-15(4-2)11-8-9-14-13-10(11)6-5-7-12(13)16/h5-9,16H,3-4H2,1-2H3. The predicted octanol–water partition coefficient (Wildman–Crippen LogP) is 2.79. The van der Waals surface area contributed by atoms with Crippen molar-refractivity contribution in [2.24, 2.45) is 0 Å². The molecule has 3 nitrogen and oxygen atoms in total. The second kappa shape index (κ2) is 4.39. The summed E-state index contributed by atoms with van der Waals surface area (Å²) in [7, 11) is 0. The van der Waals surface area contributed by atoms with Crippen LogP contribution in [0.3, 0.4) is 0 Å². The van der Waals surface area contributed by atoms with Gasteiger partial charge in [-0.25, -0.2) is 0 Å². The van der Waals surface area contributed by atoms with E-state index in [1.54, 1.807) is 12.3 Å². The summed E-state index contributed by atoms with van der Waals surface area (Å²) in [5, 5.41) is 10.7. The van der Waals surface area contributed by atoms with E-state index < -0.39 is 0 Å². The number of para-hydroxylation sites is 1. The Hall–Kier alpha value is -1.77. The first-order valence-corrected chi connectivity index (χ1v) is 5.59. The Morgan fingerprint density at radius 1 is 1.19 bits per heavy atom. The minimum absolute atomic E-state index is 0.242. The number of hydrogen-bond acceptors (Lipinski definition) is 3. The molecular formula is C13H16N2O. The molecule has 0 saturated heterocycles. The van der Waals surface area contributed by atoms with E-state index >= 15 is 0 Å². The van der Waals surface area contributed by atoms with Gasteiger partial charge in [0, 0.05) is 30.4 Å². The van der Waals surface area contributed by atoms with Crippen molar-refractivity contribution in [2.75, 3.05) is 18.0 Å². The number of pyridine rings is 1. The highest BCUT2D eigenvalue weighted by molar-refractivity contribution is 5.94. The third-order valence-electron chi connectivity index (χ3n) is 2.83. The molecule has 0 saturated carbocycles. The van der Waals surface area contributed by atoms with Gasteiger partial charge in [0.05, 0.1) is 0 Å². The van der Waals surface area contributed by atoms with Gasteiger partial charge in [-0.05, 0) is 26.0 Å². The summed E-state index contributed by atoms with van der Waals surface area (Å²) in [6.45, 7) is 6.15. The molecule has 0 aliphatic rings. The first-order valence-electron chi connectivity index (χ1n) is 5.59. The Balaban J connectivity index is 2.66. The van der Waals surface area contributed by atoms with E-state index in [4.69, 9.17) is 0 Å².